The van der Waals surface area contributed by atoms with E-state index < -0.39 is 0 Å². The molecule has 0 amide bonds. The van der Waals surface area contributed by atoms with Crippen molar-refractivity contribution in [3.05, 3.63) is 6.92 Å². The molecule has 0 saturated heterocycles. The number of unbranched alkanes of at least 4 members (excludes halogenated alkanes) is 3. The van der Waals surface area contributed by atoms with Crippen molar-refractivity contribution in [2.75, 3.05) is 0 Å². The SMILES string of the molecule is [CH2]C(C)CCCC(C)CCCCCC. The second kappa shape index (κ2) is 9.55. The molecule has 2 atom stereocenters. The Kier molecular flexibility index (Phi) is 9.55. The largest absolute Gasteiger partial charge is 0.0654 e. The summed E-state index contributed by atoms with van der Waals surface area (Å²) in [7, 11) is 0. The van der Waals surface area contributed by atoms with Crippen molar-refractivity contribution < 1.29 is 0 Å². The summed E-state index contributed by atoms with van der Waals surface area (Å²) >= 11 is 0. The first-order valence-corrected chi connectivity index (χ1v) is 6.49. The maximum Gasteiger partial charge on any atom is -0.0443 e. The van der Waals surface area contributed by atoms with Crippen molar-refractivity contribution >= 4 is 0 Å². The Labute approximate surface area is 91.5 Å². The standard InChI is InChI=1S/C14H29/c1-5-6-7-8-11-14(4)12-9-10-13(2)3/h13-14H,2,5-12H2,1,3-4H3. The lowest BCUT2D eigenvalue weighted by atomic mass is 9.95. The molecule has 0 heterocycles. The maximum absolute atomic E-state index is 4.02. The van der Waals surface area contributed by atoms with Gasteiger partial charge in [0.1, 0.15) is 0 Å². The fourth-order valence-electron chi connectivity index (χ4n) is 1.88. The smallest absolute Gasteiger partial charge is 0.0443 e. The highest BCUT2D eigenvalue weighted by Crippen LogP contribution is 2.17. The maximum atomic E-state index is 4.02. The number of hydrogen-bond donors (Lipinski definition) is 0. The van der Waals surface area contributed by atoms with Gasteiger partial charge in [0.15, 0.2) is 0 Å². The summed E-state index contributed by atoms with van der Waals surface area (Å²) in [5, 5.41) is 0. The van der Waals surface area contributed by atoms with Crippen molar-refractivity contribution in [3.63, 3.8) is 0 Å². The van der Waals surface area contributed by atoms with Gasteiger partial charge in [-0.05, 0) is 11.8 Å². The van der Waals surface area contributed by atoms with Gasteiger partial charge in [-0.1, -0.05) is 79.1 Å². The van der Waals surface area contributed by atoms with Crippen LogP contribution in [-0.2, 0) is 0 Å². The highest BCUT2D eigenvalue weighted by atomic mass is 14.1. The summed E-state index contributed by atoms with van der Waals surface area (Å²) in [6.07, 6.45) is 11.2. The molecule has 0 bridgehead atoms. The molecule has 0 fully saturated rings. The molecule has 0 aromatic rings. The summed E-state index contributed by atoms with van der Waals surface area (Å²) in [4.78, 5) is 0. The van der Waals surface area contributed by atoms with E-state index in [2.05, 4.69) is 27.7 Å². The lowest BCUT2D eigenvalue weighted by Gasteiger charge is -2.11. The third-order valence-electron chi connectivity index (χ3n) is 2.94. The molecular formula is C14H29. The lowest BCUT2D eigenvalue weighted by molar-refractivity contribution is 0.427. The Morgan fingerprint density at radius 1 is 0.857 bits per heavy atom. The van der Waals surface area contributed by atoms with Gasteiger partial charge < -0.3 is 0 Å². The highest BCUT2D eigenvalue weighted by Gasteiger charge is 2.02. The van der Waals surface area contributed by atoms with Crippen LogP contribution in [0.15, 0.2) is 0 Å². The predicted octanol–water partition coefficient (Wildman–Crippen LogP) is 5.23. The third-order valence-corrected chi connectivity index (χ3v) is 2.94. The summed E-state index contributed by atoms with van der Waals surface area (Å²) in [5.74, 6) is 1.58. The van der Waals surface area contributed by atoms with Crippen LogP contribution in [0.3, 0.4) is 0 Å². The minimum absolute atomic E-state index is 0.641. The first-order chi connectivity index (χ1) is 6.66. The monoisotopic (exact) mass is 197 g/mol. The highest BCUT2D eigenvalue weighted by molar-refractivity contribution is 4.58. The van der Waals surface area contributed by atoms with E-state index >= 15 is 0 Å². The van der Waals surface area contributed by atoms with Crippen molar-refractivity contribution in [1.29, 1.82) is 0 Å². The van der Waals surface area contributed by atoms with E-state index in [4.69, 9.17) is 0 Å². The number of rotatable bonds is 9. The summed E-state index contributed by atoms with van der Waals surface area (Å²) in [6.45, 7) is 10.9. The van der Waals surface area contributed by atoms with Crippen LogP contribution in [0.1, 0.15) is 72.1 Å². The molecule has 2 unspecified atom stereocenters. The first-order valence-electron chi connectivity index (χ1n) is 6.49. The van der Waals surface area contributed by atoms with Gasteiger partial charge in [-0.2, -0.15) is 0 Å². The van der Waals surface area contributed by atoms with E-state index in [1.54, 1.807) is 0 Å². The van der Waals surface area contributed by atoms with Gasteiger partial charge in [-0.3, -0.25) is 0 Å². The van der Waals surface area contributed by atoms with Crippen LogP contribution in [-0.4, -0.2) is 0 Å². The van der Waals surface area contributed by atoms with E-state index in [-0.39, 0.29) is 0 Å². The molecule has 0 aliphatic carbocycles. The fourth-order valence-corrected chi connectivity index (χ4v) is 1.88. The van der Waals surface area contributed by atoms with Crippen LogP contribution < -0.4 is 0 Å². The Morgan fingerprint density at radius 2 is 1.50 bits per heavy atom. The van der Waals surface area contributed by atoms with Gasteiger partial charge in [0.05, 0.1) is 0 Å². The average Bonchev–Trinajstić information content (AvgIpc) is 2.12. The second-order valence-electron chi connectivity index (χ2n) is 4.99. The molecule has 0 aliphatic heterocycles. The zero-order chi connectivity index (χ0) is 10.8. The van der Waals surface area contributed by atoms with Gasteiger partial charge >= 0.3 is 0 Å². The molecule has 0 nitrogen and oxygen atoms in total. The van der Waals surface area contributed by atoms with Crippen molar-refractivity contribution in [2.24, 2.45) is 11.8 Å². The third kappa shape index (κ3) is 10.1. The van der Waals surface area contributed by atoms with Gasteiger partial charge in [-0.25, -0.2) is 0 Å². The van der Waals surface area contributed by atoms with Gasteiger partial charge in [0.2, 0.25) is 0 Å². The molecule has 0 aromatic heterocycles. The zero-order valence-electron chi connectivity index (χ0n) is 10.5. The Morgan fingerprint density at radius 3 is 2.07 bits per heavy atom. The molecule has 0 saturated carbocycles. The minimum Gasteiger partial charge on any atom is -0.0654 e. The van der Waals surface area contributed by atoms with E-state index in [1.165, 1.54) is 51.4 Å². The molecule has 14 heavy (non-hydrogen) atoms. The molecule has 0 spiro atoms. The topological polar surface area (TPSA) is 0 Å². The van der Waals surface area contributed by atoms with Gasteiger partial charge in [0, 0.05) is 0 Å². The van der Waals surface area contributed by atoms with E-state index in [9.17, 15) is 0 Å². The predicted molar refractivity (Wildman–Crippen MR) is 66.3 cm³/mol. The first kappa shape index (κ1) is 14.0. The second-order valence-corrected chi connectivity index (χ2v) is 4.99. The lowest BCUT2D eigenvalue weighted by Crippen LogP contribution is -1.96. The molecule has 85 valence electrons. The Bertz CT molecular complexity index is 105. The molecule has 1 radical (unpaired) electrons. The van der Waals surface area contributed by atoms with E-state index in [1.807, 2.05) is 0 Å². The molecule has 0 rings (SSSR count). The van der Waals surface area contributed by atoms with Crippen LogP contribution in [0.5, 0.6) is 0 Å². The number of hydrogen-bond acceptors (Lipinski definition) is 0. The van der Waals surface area contributed by atoms with Crippen LogP contribution in [0.2, 0.25) is 0 Å². The van der Waals surface area contributed by atoms with Crippen LogP contribution in [0.4, 0.5) is 0 Å². The molecule has 0 heteroatoms. The fraction of sp³-hybridized carbons (Fsp3) is 0.929. The van der Waals surface area contributed by atoms with E-state index in [0.29, 0.717) is 5.92 Å². The Balaban J connectivity index is 3.15. The minimum atomic E-state index is 0.641. The van der Waals surface area contributed by atoms with Crippen LogP contribution in [0, 0.1) is 18.8 Å². The normalized spacial score (nSPS) is 13.5. The average molecular weight is 197 g/mol. The molecule has 0 N–H and O–H groups in total. The van der Waals surface area contributed by atoms with Crippen molar-refractivity contribution in [3.8, 4) is 0 Å². The summed E-state index contributed by atoms with van der Waals surface area (Å²) in [6, 6.07) is 0. The van der Waals surface area contributed by atoms with Crippen molar-refractivity contribution in [2.45, 2.75) is 72.1 Å². The summed E-state index contributed by atoms with van der Waals surface area (Å²) in [5.41, 5.74) is 0. The summed E-state index contributed by atoms with van der Waals surface area (Å²) < 4.78 is 0. The van der Waals surface area contributed by atoms with Gasteiger partial charge in [-0.15, -0.1) is 0 Å². The quantitative estimate of drug-likeness (QED) is 0.444. The Hall–Kier alpha value is 0. The van der Waals surface area contributed by atoms with Crippen molar-refractivity contribution in [1.82, 2.24) is 0 Å². The van der Waals surface area contributed by atoms with E-state index in [0.717, 1.165) is 5.92 Å². The molecular weight excluding hydrogens is 168 g/mol. The molecule has 0 aromatic carbocycles. The van der Waals surface area contributed by atoms with Gasteiger partial charge in [0.25, 0.3) is 0 Å². The molecule has 0 aliphatic rings. The zero-order valence-corrected chi connectivity index (χ0v) is 10.5. The van der Waals surface area contributed by atoms with Crippen LogP contribution in [0.25, 0.3) is 0 Å². The van der Waals surface area contributed by atoms with Crippen LogP contribution >= 0.6 is 0 Å².